The molecule has 10 heavy (non-hydrogen) atoms. The van der Waals surface area contributed by atoms with Crippen LogP contribution < -0.4 is 0 Å². The summed E-state index contributed by atoms with van der Waals surface area (Å²) in [5.74, 6) is 0. The van der Waals surface area contributed by atoms with Crippen molar-refractivity contribution in [1.29, 1.82) is 0 Å². The highest BCUT2D eigenvalue weighted by molar-refractivity contribution is 4.78. The van der Waals surface area contributed by atoms with Crippen LogP contribution in [0.1, 0.15) is 0 Å². The minimum absolute atomic E-state index is 0.289. The lowest BCUT2D eigenvalue weighted by molar-refractivity contribution is -0.144. The third kappa shape index (κ3) is 1.29. The highest BCUT2D eigenvalue weighted by atomic mass is 16.7. The van der Waals surface area contributed by atoms with Crippen LogP contribution in [0.3, 0.4) is 0 Å². The molecule has 1 rings (SSSR count). The van der Waals surface area contributed by atoms with Crippen molar-refractivity contribution in [2.75, 3.05) is 20.8 Å². The Kier molecular flexibility index (Phi) is 2.62. The molecule has 4 nitrogen and oxygen atoms in total. The van der Waals surface area contributed by atoms with Gasteiger partial charge in [-0.05, 0) is 0 Å². The SMILES string of the molecule is CO[C@H]1OC[C@@H](O)[C@H]1OC. The summed E-state index contributed by atoms with van der Waals surface area (Å²) < 4.78 is 14.8. The van der Waals surface area contributed by atoms with E-state index in [0.29, 0.717) is 0 Å². The lowest BCUT2D eigenvalue weighted by atomic mass is 10.2. The first-order valence-corrected chi connectivity index (χ1v) is 3.15. The minimum Gasteiger partial charge on any atom is -0.388 e. The van der Waals surface area contributed by atoms with Crippen molar-refractivity contribution in [3.05, 3.63) is 0 Å². The van der Waals surface area contributed by atoms with E-state index >= 15 is 0 Å². The zero-order valence-electron chi connectivity index (χ0n) is 6.11. The largest absolute Gasteiger partial charge is 0.388 e. The number of rotatable bonds is 2. The van der Waals surface area contributed by atoms with Gasteiger partial charge in [-0.15, -0.1) is 0 Å². The fourth-order valence-electron chi connectivity index (χ4n) is 1.03. The molecule has 1 fully saturated rings. The molecule has 1 N–H and O–H groups in total. The number of aliphatic hydroxyl groups excluding tert-OH is 1. The monoisotopic (exact) mass is 148 g/mol. The zero-order chi connectivity index (χ0) is 7.56. The van der Waals surface area contributed by atoms with Crippen LogP contribution >= 0.6 is 0 Å². The average molecular weight is 148 g/mol. The average Bonchev–Trinajstić information content (AvgIpc) is 2.30. The van der Waals surface area contributed by atoms with E-state index in [2.05, 4.69) is 0 Å². The topological polar surface area (TPSA) is 47.9 Å². The van der Waals surface area contributed by atoms with E-state index in [1.165, 1.54) is 14.2 Å². The highest BCUT2D eigenvalue weighted by Gasteiger charge is 2.36. The molecule has 0 bridgehead atoms. The second kappa shape index (κ2) is 3.30. The normalized spacial score (nSPS) is 40.5. The number of ether oxygens (including phenoxy) is 3. The number of methoxy groups -OCH3 is 2. The molecule has 0 aromatic rings. The summed E-state index contributed by atoms with van der Waals surface area (Å²) in [7, 11) is 3.04. The van der Waals surface area contributed by atoms with Gasteiger partial charge in [0.1, 0.15) is 12.2 Å². The third-order valence-electron chi connectivity index (χ3n) is 1.58. The Balaban J connectivity index is 2.45. The standard InChI is InChI=1S/C6H12O4/c1-8-5-4(7)3-10-6(5)9-2/h4-7H,3H2,1-2H3/t4-,5-,6+/m1/s1. The Hall–Kier alpha value is -0.160. The zero-order valence-corrected chi connectivity index (χ0v) is 6.11. The molecule has 4 heteroatoms. The van der Waals surface area contributed by atoms with Crippen LogP contribution in [0.5, 0.6) is 0 Å². The van der Waals surface area contributed by atoms with E-state index in [9.17, 15) is 0 Å². The fourth-order valence-corrected chi connectivity index (χ4v) is 1.03. The van der Waals surface area contributed by atoms with E-state index in [4.69, 9.17) is 19.3 Å². The van der Waals surface area contributed by atoms with E-state index in [0.717, 1.165) is 0 Å². The summed E-state index contributed by atoms with van der Waals surface area (Å²) in [5, 5.41) is 9.16. The Morgan fingerprint density at radius 3 is 2.50 bits per heavy atom. The minimum atomic E-state index is -0.560. The summed E-state index contributed by atoms with van der Waals surface area (Å²) >= 11 is 0. The Morgan fingerprint density at radius 1 is 1.40 bits per heavy atom. The van der Waals surface area contributed by atoms with Gasteiger partial charge in [-0.3, -0.25) is 0 Å². The predicted molar refractivity (Wildman–Crippen MR) is 33.6 cm³/mol. The van der Waals surface area contributed by atoms with Gasteiger partial charge in [-0.2, -0.15) is 0 Å². The lowest BCUT2D eigenvalue weighted by Crippen LogP contribution is -2.32. The molecule has 1 aliphatic heterocycles. The van der Waals surface area contributed by atoms with Crippen LogP contribution in [0, 0.1) is 0 Å². The van der Waals surface area contributed by atoms with Crippen molar-refractivity contribution in [1.82, 2.24) is 0 Å². The van der Waals surface area contributed by atoms with Crippen molar-refractivity contribution in [3.8, 4) is 0 Å². The van der Waals surface area contributed by atoms with Crippen molar-refractivity contribution in [3.63, 3.8) is 0 Å². The second-order valence-corrected chi connectivity index (χ2v) is 2.21. The van der Waals surface area contributed by atoms with Gasteiger partial charge in [0.2, 0.25) is 0 Å². The molecule has 1 saturated heterocycles. The van der Waals surface area contributed by atoms with Crippen LogP contribution in [-0.2, 0) is 14.2 Å². The van der Waals surface area contributed by atoms with Gasteiger partial charge in [0, 0.05) is 14.2 Å². The molecule has 0 aliphatic carbocycles. The van der Waals surface area contributed by atoms with E-state index in [1.807, 2.05) is 0 Å². The van der Waals surface area contributed by atoms with Crippen molar-refractivity contribution in [2.24, 2.45) is 0 Å². The maximum Gasteiger partial charge on any atom is 0.186 e. The molecule has 0 aromatic carbocycles. The summed E-state index contributed by atoms with van der Waals surface area (Å²) in [5.41, 5.74) is 0. The van der Waals surface area contributed by atoms with Crippen LogP contribution in [-0.4, -0.2) is 44.4 Å². The molecule has 0 aromatic heterocycles. The van der Waals surface area contributed by atoms with Gasteiger partial charge in [-0.1, -0.05) is 0 Å². The first-order chi connectivity index (χ1) is 4.79. The summed E-state index contributed by atoms with van der Waals surface area (Å²) in [4.78, 5) is 0. The molecule has 1 aliphatic rings. The molecule has 3 atom stereocenters. The van der Waals surface area contributed by atoms with Crippen molar-refractivity contribution < 1.29 is 19.3 Å². The molecule has 0 radical (unpaired) electrons. The molecule has 0 saturated carbocycles. The maximum absolute atomic E-state index is 9.16. The molecular weight excluding hydrogens is 136 g/mol. The van der Waals surface area contributed by atoms with Gasteiger partial charge in [-0.25, -0.2) is 0 Å². The summed E-state index contributed by atoms with van der Waals surface area (Å²) in [6.45, 7) is 0.289. The van der Waals surface area contributed by atoms with Crippen LogP contribution in [0.4, 0.5) is 0 Å². The van der Waals surface area contributed by atoms with Gasteiger partial charge in [0.25, 0.3) is 0 Å². The fraction of sp³-hybridized carbons (Fsp3) is 1.00. The Morgan fingerprint density at radius 2 is 2.10 bits per heavy atom. The number of hydrogen-bond acceptors (Lipinski definition) is 4. The first kappa shape index (κ1) is 7.94. The number of hydrogen-bond donors (Lipinski definition) is 1. The second-order valence-electron chi connectivity index (χ2n) is 2.21. The summed E-state index contributed by atoms with van der Waals surface area (Å²) in [6, 6.07) is 0. The highest BCUT2D eigenvalue weighted by Crippen LogP contribution is 2.16. The smallest absolute Gasteiger partial charge is 0.186 e. The summed E-state index contributed by atoms with van der Waals surface area (Å²) in [6.07, 6.45) is -1.32. The molecule has 0 amide bonds. The third-order valence-corrected chi connectivity index (χ3v) is 1.58. The first-order valence-electron chi connectivity index (χ1n) is 3.15. The molecule has 60 valence electrons. The van der Waals surface area contributed by atoms with Crippen LogP contribution in [0.25, 0.3) is 0 Å². The van der Waals surface area contributed by atoms with Crippen molar-refractivity contribution >= 4 is 0 Å². The van der Waals surface area contributed by atoms with Crippen LogP contribution in [0.15, 0.2) is 0 Å². The Labute approximate surface area is 59.7 Å². The van der Waals surface area contributed by atoms with E-state index in [-0.39, 0.29) is 12.7 Å². The molecule has 1 heterocycles. The van der Waals surface area contributed by atoms with Crippen molar-refractivity contribution in [2.45, 2.75) is 18.5 Å². The molecular formula is C6H12O4. The van der Waals surface area contributed by atoms with Gasteiger partial charge in [0.05, 0.1) is 6.61 Å². The van der Waals surface area contributed by atoms with Gasteiger partial charge >= 0.3 is 0 Å². The van der Waals surface area contributed by atoms with E-state index in [1.54, 1.807) is 0 Å². The van der Waals surface area contributed by atoms with E-state index < -0.39 is 12.4 Å². The quantitative estimate of drug-likeness (QED) is 0.566. The van der Waals surface area contributed by atoms with Crippen LogP contribution in [0.2, 0.25) is 0 Å². The van der Waals surface area contributed by atoms with Gasteiger partial charge in [0.15, 0.2) is 6.29 Å². The Bertz CT molecular complexity index is 106. The van der Waals surface area contributed by atoms with Gasteiger partial charge < -0.3 is 19.3 Å². The molecule has 0 spiro atoms. The predicted octanol–water partition coefficient (Wildman–Crippen LogP) is -0.635. The lowest BCUT2D eigenvalue weighted by Gasteiger charge is -2.16. The maximum atomic E-state index is 9.16. The number of aliphatic hydroxyl groups is 1. The molecule has 0 unspecified atom stereocenters.